The molecule has 2 N–H and O–H groups in total. The number of rotatable bonds is 5. The van der Waals surface area contributed by atoms with Crippen LogP contribution in [-0.4, -0.2) is 18.5 Å². The molecule has 0 unspecified atom stereocenters. The third-order valence-corrected chi connectivity index (χ3v) is 4.36. The molecule has 0 amide bonds. The molecule has 0 aromatic heterocycles. The molecule has 0 atom stereocenters. The Morgan fingerprint density at radius 2 is 2.05 bits per heavy atom. The molecule has 114 valence electrons. The van der Waals surface area contributed by atoms with Crippen LogP contribution in [0.5, 0.6) is 5.75 Å². The second-order valence-corrected chi connectivity index (χ2v) is 6.19. The van der Waals surface area contributed by atoms with Crippen LogP contribution in [-0.2, 0) is 5.75 Å². The van der Waals surface area contributed by atoms with Gasteiger partial charge in [-0.3, -0.25) is 0 Å². The fourth-order valence-corrected chi connectivity index (χ4v) is 2.62. The maximum Gasteiger partial charge on any atom is 0.180 e. The summed E-state index contributed by atoms with van der Waals surface area (Å²) in [6.07, 6.45) is 1.64. The van der Waals surface area contributed by atoms with Crippen LogP contribution in [0, 0.1) is 0 Å². The number of hydrogen-bond acceptors (Lipinski definition) is 4. The first-order valence-corrected chi connectivity index (χ1v) is 8.33. The molecule has 0 bridgehead atoms. The molecule has 0 fully saturated rings. The molecule has 0 saturated carbocycles. The van der Waals surface area contributed by atoms with E-state index in [4.69, 9.17) is 10.5 Å². The lowest BCUT2D eigenvalue weighted by atomic mass is 10.2. The Morgan fingerprint density at radius 3 is 2.77 bits per heavy atom. The minimum Gasteiger partial charge on any atom is -0.497 e. The highest BCUT2D eigenvalue weighted by atomic mass is 79.9. The van der Waals surface area contributed by atoms with Gasteiger partial charge in [-0.05, 0) is 23.8 Å². The molecule has 0 aliphatic heterocycles. The zero-order valence-corrected chi connectivity index (χ0v) is 14.5. The molecule has 0 saturated heterocycles. The Balaban J connectivity index is 1.95. The van der Waals surface area contributed by atoms with Crippen LogP contribution in [0.15, 0.2) is 63.2 Å². The molecular formula is C16H16BrN3OS. The van der Waals surface area contributed by atoms with Crippen LogP contribution in [0.25, 0.3) is 0 Å². The van der Waals surface area contributed by atoms with Gasteiger partial charge in [0.1, 0.15) is 5.75 Å². The van der Waals surface area contributed by atoms with Gasteiger partial charge in [0.2, 0.25) is 0 Å². The summed E-state index contributed by atoms with van der Waals surface area (Å²) in [6.45, 7) is 0. The average Bonchev–Trinajstić information content (AvgIpc) is 2.55. The van der Waals surface area contributed by atoms with E-state index in [0.717, 1.165) is 21.5 Å². The zero-order chi connectivity index (χ0) is 15.8. The number of nitrogens with two attached hydrogens (primary N) is 1. The first-order valence-electron chi connectivity index (χ1n) is 6.56. The number of nitrogens with zero attached hydrogens (tertiary/aromatic N) is 2. The van der Waals surface area contributed by atoms with Crippen LogP contribution in [0.3, 0.4) is 0 Å². The number of thioether (sulfide) groups is 1. The highest BCUT2D eigenvalue weighted by molar-refractivity contribution is 9.10. The third-order valence-electron chi connectivity index (χ3n) is 2.79. The first-order chi connectivity index (χ1) is 10.7. The van der Waals surface area contributed by atoms with Gasteiger partial charge in [-0.1, -0.05) is 58.0 Å². The van der Waals surface area contributed by atoms with Crippen molar-refractivity contribution in [2.45, 2.75) is 5.75 Å². The number of amidine groups is 1. The van der Waals surface area contributed by atoms with Gasteiger partial charge in [0.15, 0.2) is 5.17 Å². The van der Waals surface area contributed by atoms with Crippen molar-refractivity contribution in [3.63, 3.8) is 0 Å². The lowest BCUT2D eigenvalue weighted by Crippen LogP contribution is -2.06. The molecule has 0 radical (unpaired) electrons. The molecule has 6 heteroatoms. The molecule has 2 aromatic rings. The summed E-state index contributed by atoms with van der Waals surface area (Å²) in [4.78, 5) is 0. The van der Waals surface area contributed by atoms with Gasteiger partial charge in [-0.2, -0.15) is 5.10 Å². The fraction of sp³-hybridized carbons (Fsp3) is 0.125. The highest BCUT2D eigenvalue weighted by Gasteiger charge is 1.99. The summed E-state index contributed by atoms with van der Waals surface area (Å²) in [5.41, 5.74) is 7.92. The number of methoxy groups -OCH3 is 1. The van der Waals surface area contributed by atoms with Crippen molar-refractivity contribution in [2.24, 2.45) is 15.9 Å². The minimum absolute atomic E-state index is 0.430. The van der Waals surface area contributed by atoms with Gasteiger partial charge < -0.3 is 10.5 Å². The van der Waals surface area contributed by atoms with Crippen molar-refractivity contribution < 1.29 is 4.74 Å². The Labute approximate surface area is 142 Å². The lowest BCUT2D eigenvalue weighted by molar-refractivity contribution is 0.414. The second-order valence-electron chi connectivity index (χ2n) is 4.34. The van der Waals surface area contributed by atoms with Crippen molar-refractivity contribution in [1.82, 2.24) is 0 Å². The van der Waals surface area contributed by atoms with Gasteiger partial charge >= 0.3 is 0 Å². The van der Waals surface area contributed by atoms with Gasteiger partial charge in [0, 0.05) is 15.8 Å². The number of hydrogen-bond donors (Lipinski definition) is 1. The van der Waals surface area contributed by atoms with Crippen molar-refractivity contribution >= 4 is 39.1 Å². The van der Waals surface area contributed by atoms with Crippen LogP contribution in [0.2, 0.25) is 0 Å². The van der Waals surface area contributed by atoms with Crippen molar-refractivity contribution in [3.8, 4) is 5.75 Å². The smallest absolute Gasteiger partial charge is 0.180 e. The van der Waals surface area contributed by atoms with E-state index in [9.17, 15) is 0 Å². The third kappa shape index (κ3) is 5.20. The van der Waals surface area contributed by atoms with Crippen LogP contribution >= 0.6 is 27.7 Å². The minimum atomic E-state index is 0.430. The van der Waals surface area contributed by atoms with Crippen LogP contribution in [0.1, 0.15) is 11.1 Å². The molecular weight excluding hydrogens is 362 g/mol. The topological polar surface area (TPSA) is 60.0 Å². The summed E-state index contributed by atoms with van der Waals surface area (Å²) in [6, 6.07) is 15.7. The predicted molar refractivity (Wildman–Crippen MR) is 97.6 cm³/mol. The number of benzene rings is 2. The monoisotopic (exact) mass is 377 g/mol. The summed E-state index contributed by atoms with van der Waals surface area (Å²) >= 11 is 4.91. The van der Waals surface area contributed by atoms with E-state index < -0.39 is 0 Å². The van der Waals surface area contributed by atoms with E-state index in [2.05, 4.69) is 38.3 Å². The van der Waals surface area contributed by atoms with Gasteiger partial charge in [0.25, 0.3) is 0 Å². The summed E-state index contributed by atoms with van der Waals surface area (Å²) in [5.74, 6) is 1.54. The zero-order valence-electron chi connectivity index (χ0n) is 12.1. The fourth-order valence-electron chi connectivity index (χ4n) is 1.66. The van der Waals surface area contributed by atoms with E-state index in [-0.39, 0.29) is 0 Å². The predicted octanol–water partition coefficient (Wildman–Crippen LogP) is 4.04. The van der Waals surface area contributed by atoms with E-state index in [1.165, 1.54) is 17.3 Å². The lowest BCUT2D eigenvalue weighted by Gasteiger charge is -2.02. The van der Waals surface area contributed by atoms with Crippen LogP contribution in [0.4, 0.5) is 0 Å². The Hall–Kier alpha value is -1.79. The molecule has 0 heterocycles. The largest absolute Gasteiger partial charge is 0.497 e. The molecule has 4 nitrogen and oxygen atoms in total. The molecule has 0 spiro atoms. The van der Waals surface area contributed by atoms with E-state index in [1.54, 1.807) is 13.3 Å². The van der Waals surface area contributed by atoms with Gasteiger partial charge in [0.05, 0.1) is 13.3 Å². The average molecular weight is 378 g/mol. The molecule has 2 aromatic carbocycles. The van der Waals surface area contributed by atoms with Gasteiger partial charge in [-0.15, -0.1) is 5.10 Å². The maximum atomic E-state index is 5.84. The van der Waals surface area contributed by atoms with Gasteiger partial charge in [-0.25, -0.2) is 0 Å². The maximum absolute atomic E-state index is 5.84. The standard InChI is InChI=1S/C16H16BrN3OS/c1-21-14-7-8-15(17)13(9-14)10-19-20-16(18)22-11-12-5-3-2-4-6-12/h2-10H,11H2,1H3,(H2,18,20). The van der Waals surface area contributed by atoms with E-state index in [1.807, 2.05) is 36.4 Å². The Bertz CT molecular complexity index is 674. The molecule has 0 aliphatic carbocycles. The highest BCUT2D eigenvalue weighted by Crippen LogP contribution is 2.21. The normalized spacial score (nSPS) is 11.8. The number of ether oxygens (including phenoxy) is 1. The van der Waals surface area contributed by atoms with Crippen molar-refractivity contribution in [2.75, 3.05) is 7.11 Å². The Morgan fingerprint density at radius 1 is 1.27 bits per heavy atom. The quantitative estimate of drug-likeness (QED) is 0.485. The number of halogens is 1. The van der Waals surface area contributed by atoms with Crippen molar-refractivity contribution in [1.29, 1.82) is 0 Å². The Kier molecular flexibility index (Phi) is 6.48. The SMILES string of the molecule is COc1ccc(Br)c(C=NN=C(N)SCc2ccccc2)c1. The second kappa shape index (κ2) is 8.60. The molecule has 0 aliphatic rings. The van der Waals surface area contributed by atoms with E-state index >= 15 is 0 Å². The van der Waals surface area contributed by atoms with Crippen molar-refractivity contribution in [3.05, 3.63) is 64.1 Å². The van der Waals surface area contributed by atoms with E-state index in [0.29, 0.717) is 5.17 Å². The summed E-state index contributed by atoms with van der Waals surface area (Å²) in [7, 11) is 1.63. The molecule has 22 heavy (non-hydrogen) atoms. The first kappa shape index (κ1) is 16.6. The summed E-state index contributed by atoms with van der Waals surface area (Å²) < 4.78 is 6.10. The molecule has 2 rings (SSSR count). The van der Waals surface area contributed by atoms with Crippen LogP contribution < -0.4 is 10.5 Å². The summed E-state index contributed by atoms with van der Waals surface area (Å²) in [5, 5.41) is 8.45.